The lowest BCUT2D eigenvalue weighted by atomic mass is 10.1. The number of amides is 1. The van der Waals surface area contributed by atoms with E-state index < -0.39 is 0 Å². The average Bonchev–Trinajstić information content (AvgIpc) is 2.45. The van der Waals surface area contributed by atoms with Crippen LogP contribution in [0, 0.1) is 12.7 Å². The Kier molecular flexibility index (Phi) is 4.58. The summed E-state index contributed by atoms with van der Waals surface area (Å²) in [6, 6.07) is 11.5. The quantitative estimate of drug-likeness (QED) is 0.870. The fourth-order valence-electron chi connectivity index (χ4n) is 2.30. The van der Waals surface area contributed by atoms with Gasteiger partial charge in [-0.3, -0.25) is 4.79 Å². The van der Waals surface area contributed by atoms with E-state index in [-0.39, 0.29) is 11.7 Å². The van der Waals surface area contributed by atoms with E-state index in [2.05, 4.69) is 0 Å². The zero-order valence-electron chi connectivity index (χ0n) is 12.3. The van der Waals surface area contributed by atoms with E-state index in [0.717, 1.165) is 6.42 Å². The standard InChI is InChI=1S/C17H19FN2O/c1-3-10-20(16-7-5-4-6-15(16)19)17(21)14-9-8-13(18)11-12(14)2/h4-9,11H,3,10,19H2,1-2H3. The zero-order valence-corrected chi connectivity index (χ0v) is 12.3. The molecule has 0 saturated carbocycles. The number of carbonyl (C=O) groups excluding carboxylic acids is 1. The summed E-state index contributed by atoms with van der Waals surface area (Å²) < 4.78 is 13.2. The fraction of sp³-hybridized carbons (Fsp3) is 0.235. The molecule has 0 aliphatic carbocycles. The van der Waals surface area contributed by atoms with E-state index in [9.17, 15) is 9.18 Å². The molecule has 0 aliphatic heterocycles. The van der Waals surface area contributed by atoms with Crippen LogP contribution in [-0.4, -0.2) is 12.5 Å². The summed E-state index contributed by atoms with van der Waals surface area (Å²) in [5, 5.41) is 0. The molecule has 4 heteroatoms. The van der Waals surface area contributed by atoms with Crippen LogP contribution in [0.15, 0.2) is 42.5 Å². The number of para-hydroxylation sites is 2. The topological polar surface area (TPSA) is 46.3 Å². The van der Waals surface area contributed by atoms with Gasteiger partial charge in [0.2, 0.25) is 0 Å². The number of nitrogen functional groups attached to an aromatic ring is 1. The first-order chi connectivity index (χ1) is 10.0. The molecule has 0 aromatic heterocycles. The molecule has 1 amide bonds. The van der Waals surface area contributed by atoms with E-state index in [1.165, 1.54) is 18.2 Å². The molecule has 0 spiro atoms. The highest BCUT2D eigenvalue weighted by molar-refractivity contribution is 6.08. The van der Waals surface area contributed by atoms with Gasteiger partial charge >= 0.3 is 0 Å². The highest BCUT2D eigenvalue weighted by atomic mass is 19.1. The van der Waals surface area contributed by atoms with Crippen molar-refractivity contribution in [3.63, 3.8) is 0 Å². The van der Waals surface area contributed by atoms with Gasteiger partial charge in [0, 0.05) is 12.1 Å². The van der Waals surface area contributed by atoms with Crippen LogP contribution in [0.1, 0.15) is 29.3 Å². The Labute approximate surface area is 124 Å². The second-order valence-corrected chi connectivity index (χ2v) is 4.97. The van der Waals surface area contributed by atoms with E-state index in [1.807, 2.05) is 25.1 Å². The highest BCUT2D eigenvalue weighted by Gasteiger charge is 2.20. The van der Waals surface area contributed by atoms with Crippen molar-refractivity contribution < 1.29 is 9.18 Å². The smallest absolute Gasteiger partial charge is 0.258 e. The zero-order chi connectivity index (χ0) is 15.4. The monoisotopic (exact) mass is 286 g/mol. The van der Waals surface area contributed by atoms with Crippen molar-refractivity contribution in [2.24, 2.45) is 0 Å². The summed E-state index contributed by atoms with van der Waals surface area (Å²) in [6.45, 7) is 4.29. The van der Waals surface area contributed by atoms with Gasteiger partial charge in [0.1, 0.15) is 5.82 Å². The Morgan fingerprint density at radius 1 is 1.24 bits per heavy atom. The van der Waals surface area contributed by atoms with Crippen LogP contribution in [0.5, 0.6) is 0 Å². The van der Waals surface area contributed by atoms with Crippen molar-refractivity contribution in [3.05, 3.63) is 59.4 Å². The molecule has 2 aromatic rings. The van der Waals surface area contributed by atoms with Crippen molar-refractivity contribution in [1.29, 1.82) is 0 Å². The van der Waals surface area contributed by atoms with E-state index in [0.29, 0.717) is 29.0 Å². The normalized spacial score (nSPS) is 10.4. The molecule has 21 heavy (non-hydrogen) atoms. The van der Waals surface area contributed by atoms with Crippen LogP contribution >= 0.6 is 0 Å². The summed E-state index contributed by atoms with van der Waals surface area (Å²) in [5.41, 5.74) is 8.33. The SMILES string of the molecule is CCCN(C(=O)c1ccc(F)cc1C)c1ccccc1N. The first kappa shape index (κ1) is 15.0. The fourth-order valence-corrected chi connectivity index (χ4v) is 2.30. The lowest BCUT2D eigenvalue weighted by Crippen LogP contribution is -2.32. The lowest BCUT2D eigenvalue weighted by molar-refractivity contribution is 0.0986. The highest BCUT2D eigenvalue weighted by Crippen LogP contribution is 2.25. The number of rotatable bonds is 4. The molecule has 0 saturated heterocycles. The largest absolute Gasteiger partial charge is 0.397 e. The molecule has 0 fully saturated rings. The van der Waals surface area contributed by atoms with Crippen LogP contribution in [-0.2, 0) is 0 Å². The van der Waals surface area contributed by atoms with Gasteiger partial charge in [0.05, 0.1) is 11.4 Å². The minimum Gasteiger partial charge on any atom is -0.397 e. The van der Waals surface area contributed by atoms with Gasteiger partial charge in [-0.25, -0.2) is 4.39 Å². The summed E-state index contributed by atoms with van der Waals surface area (Å²) in [7, 11) is 0. The molecule has 2 rings (SSSR count). The summed E-state index contributed by atoms with van der Waals surface area (Å²) in [6.07, 6.45) is 0.806. The van der Waals surface area contributed by atoms with Crippen LogP contribution in [0.4, 0.5) is 15.8 Å². The molecule has 0 aliphatic rings. The number of carbonyl (C=O) groups is 1. The molecule has 110 valence electrons. The maximum absolute atomic E-state index is 13.2. The summed E-state index contributed by atoms with van der Waals surface area (Å²) in [4.78, 5) is 14.4. The first-order valence-corrected chi connectivity index (χ1v) is 6.97. The van der Waals surface area contributed by atoms with Gasteiger partial charge in [-0.1, -0.05) is 19.1 Å². The minimum atomic E-state index is -0.342. The van der Waals surface area contributed by atoms with Gasteiger partial charge in [-0.15, -0.1) is 0 Å². The van der Waals surface area contributed by atoms with Gasteiger partial charge in [-0.05, 0) is 49.2 Å². The predicted molar refractivity (Wildman–Crippen MR) is 84.0 cm³/mol. The van der Waals surface area contributed by atoms with Crippen LogP contribution < -0.4 is 10.6 Å². The molecule has 0 atom stereocenters. The number of hydrogen-bond acceptors (Lipinski definition) is 2. The molecule has 0 unspecified atom stereocenters. The Hall–Kier alpha value is -2.36. The van der Waals surface area contributed by atoms with Crippen molar-refractivity contribution in [2.75, 3.05) is 17.2 Å². The van der Waals surface area contributed by atoms with Gasteiger partial charge in [-0.2, -0.15) is 0 Å². The third kappa shape index (κ3) is 3.21. The van der Waals surface area contributed by atoms with Gasteiger partial charge < -0.3 is 10.6 Å². The number of nitrogens with zero attached hydrogens (tertiary/aromatic N) is 1. The Morgan fingerprint density at radius 2 is 1.95 bits per heavy atom. The molecule has 0 radical (unpaired) electrons. The molecule has 3 nitrogen and oxygen atoms in total. The summed E-state index contributed by atoms with van der Waals surface area (Å²) >= 11 is 0. The van der Waals surface area contributed by atoms with E-state index in [4.69, 9.17) is 5.73 Å². The molecule has 0 bridgehead atoms. The first-order valence-electron chi connectivity index (χ1n) is 6.97. The van der Waals surface area contributed by atoms with Crippen LogP contribution in [0.2, 0.25) is 0 Å². The van der Waals surface area contributed by atoms with E-state index in [1.54, 1.807) is 17.9 Å². The van der Waals surface area contributed by atoms with Crippen molar-refractivity contribution >= 4 is 17.3 Å². The lowest BCUT2D eigenvalue weighted by Gasteiger charge is -2.24. The maximum Gasteiger partial charge on any atom is 0.258 e. The average molecular weight is 286 g/mol. The Morgan fingerprint density at radius 3 is 2.57 bits per heavy atom. The molecular formula is C17H19FN2O. The number of hydrogen-bond donors (Lipinski definition) is 1. The number of anilines is 2. The van der Waals surface area contributed by atoms with Gasteiger partial charge in [0.15, 0.2) is 0 Å². The Bertz CT molecular complexity index is 655. The predicted octanol–water partition coefficient (Wildman–Crippen LogP) is 3.77. The summed E-state index contributed by atoms with van der Waals surface area (Å²) in [5.74, 6) is -0.502. The number of benzene rings is 2. The second-order valence-electron chi connectivity index (χ2n) is 4.97. The molecule has 0 heterocycles. The molecular weight excluding hydrogens is 267 g/mol. The third-order valence-electron chi connectivity index (χ3n) is 3.34. The van der Waals surface area contributed by atoms with Crippen molar-refractivity contribution in [2.45, 2.75) is 20.3 Å². The van der Waals surface area contributed by atoms with Crippen molar-refractivity contribution in [3.8, 4) is 0 Å². The van der Waals surface area contributed by atoms with Crippen LogP contribution in [0.25, 0.3) is 0 Å². The number of halogens is 1. The van der Waals surface area contributed by atoms with Gasteiger partial charge in [0.25, 0.3) is 5.91 Å². The van der Waals surface area contributed by atoms with Crippen LogP contribution in [0.3, 0.4) is 0 Å². The second kappa shape index (κ2) is 6.39. The van der Waals surface area contributed by atoms with E-state index >= 15 is 0 Å². The number of nitrogens with two attached hydrogens (primary N) is 1. The Balaban J connectivity index is 2.43. The minimum absolute atomic E-state index is 0.160. The maximum atomic E-state index is 13.2. The molecule has 2 N–H and O–H groups in total. The molecule has 2 aromatic carbocycles. The third-order valence-corrected chi connectivity index (χ3v) is 3.34. The number of aryl methyl sites for hydroxylation is 1. The van der Waals surface area contributed by atoms with Crippen molar-refractivity contribution in [1.82, 2.24) is 0 Å².